The second kappa shape index (κ2) is 8.90. The van der Waals surface area contributed by atoms with Crippen LogP contribution in [0.25, 0.3) is 28.1 Å². The Kier molecular flexibility index (Phi) is 6.43. The number of aromatic nitrogens is 2. The number of benzene rings is 3. The van der Waals surface area contributed by atoms with Gasteiger partial charge in [-0.15, -0.1) is 0 Å². The molecule has 0 saturated heterocycles. The zero-order valence-corrected chi connectivity index (χ0v) is 22.3. The fourth-order valence-electron chi connectivity index (χ4n) is 4.09. The molecule has 4 aromatic rings. The molecular formula is C28H29F3N2O3S. The highest BCUT2D eigenvalue weighted by atomic mass is 32.2. The highest BCUT2D eigenvalue weighted by Crippen LogP contribution is 2.41. The lowest BCUT2D eigenvalue weighted by Gasteiger charge is -2.25. The standard InChI is InChI=1S/C28H29F3N2O3S/c1-26(2,3)18-16-21(27(4,5)6)24-22(17-18)33(19-12-8-7-9-13-19)25(32-24)20-14-10-11-15-23(20)36-37(34,35)28(29,30)31/h7-17H,1-6H3. The van der Waals surface area contributed by atoms with Crippen LogP contribution in [0.5, 0.6) is 5.75 Å². The SMILES string of the molecule is CC(C)(C)c1cc(C(C)(C)C)c2nc(-c3ccccc3OS(=O)(=O)C(F)(F)F)n(-c3ccccc3)c2c1. The molecule has 0 atom stereocenters. The molecule has 196 valence electrons. The zero-order chi connectivity index (χ0) is 27.4. The first kappa shape index (κ1) is 26.7. The number of halogens is 3. The predicted molar refractivity (Wildman–Crippen MR) is 140 cm³/mol. The molecule has 1 aromatic heterocycles. The number of nitrogens with zero attached hydrogens (tertiary/aromatic N) is 2. The van der Waals surface area contributed by atoms with Crippen molar-refractivity contribution < 1.29 is 25.8 Å². The van der Waals surface area contributed by atoms with Gasteiger partial charge in [-0.05, 0) is 52.3 Å². The van der Waals surface area contributed by atoms with E-state index >= 15 is 0 Å². The molecular weight excluding hydrogens is 501 g/mol. The van der Waals surface area contributed by atoms with Gasteiger partial charge in [-0.1, -0.05) is 77.9 Å². The Morgan fingerprint density at radius 1 is 0.811 bits per heavy atom. The van der Waals surface area contributed by atoms with Crippen molar-refractivity contribution in [1.29, 1.82) is 0 Å². The first-order valence-electron chi connectivity index (χ1n) is 11.7. The third-order valence-corrected chi connectivity index (χ3v) is 7.03. The van der Waals surface area contributed by atoms with Crippen LogP contribution in [0, 0.1) is 0 Å². The molecule has 4 rings (SSSR count). The Morgan fingerprint density at radius 2 is 1.41 bits per heavy atom. The smallest absolute Gasteiger partial charge is 0.375 e. The van der Waals surface area contributed by atoms with Gasteiger partial charge in [0.25, 0.3) is 0 Å². The van der Waals surface area contributed by atoms with Gasteiger partial charge < -0.3 is 4.18 Å². The van der Waals surface area contributed by atoms with Gasteiger partial charge in [0.1, 0.15) is 5.82 Å². The summed E-state index contributed by atoms with van der Waals surface area (Å²) in [5, 5.41) is 0. The van der Waals surface area contributed by atoms with Crippen molar-refractivity contribution in [2.75, 3.05) is 0 Å². The molecule has 0 N–H and O–H groups in total. The van der Waals surface area contributed by atoms with Crippen LogP contribution in [0.1, 0.15) is 52.7 Å². The van der Waals surface area contributed by atoms with E-state index in [2.05, 4.69) is 51.8 Å². The van der Waals surface area contributed by atoms with Crippen LogP contribution in [0.3, 0.4) is 0 Å². The van der Waals surface area contributed by atoms with E-state index in [4.69, 9.17) is 4.98 Å². The molecule has 0 unspecified atom stereocenters. The first-order chi connectivity index (χ1) is 17.0. The van der Waals surface area contributed by atoms with Crippen molar-refractivity contribution >= 4 is 21.2 Å². The maximum atomic E-state index is 13.2. The van der Waals surface area contributed by atoms with Crippen LogP contribution in [0.2, 0.25) is 0 Å². The van der Waals surface area contributed by atoms with E-state index in [9.17, 15) is 21.6 Å². The number of fused-ring (bicyclic) bond motifs is 1. The van der Waals surface area contributed by atoms with Crippen molar-refractivity contribution in [2.45, 2.75) is 57.9 Å². The summed E-state index contributed by atoms with van der Waals surface area (Å²) >= 11 is 0. The topological polar surface area (TPSA) is 61.2 Å². The molecule has 0 aliphatic rings. The molecule has 37 heavy (non-hydrogen) atoms. The summed E-state index contributed by atoms with van der Waals surface area (Å²) in [6.45, 7) is 12.5. The summed E-state index contributed by atoms with van der Waals surface area (Å²) in [5.74, 6) is -0.189. The van der Waals surface area contributed by atoms with Crippen molar-refractivity contribution in [2.24, 2.45) is 0 Å². The number of alkyl halides is 3. The van der Waals surface area contributed by atoms with Crippen molar-refractivity contribution in [3.63, 3.8) is 0 Å². The lowest BCUT2D eigenvalue weighted by molar-refractivity contribution is -0.0499. The minimum Gasteiger partial charge on any atom is -0.375 e. The second-order valence-corrected chi connectivity index (χ2v) is 12.5. The van der Waals surface area contributed by atoms with Gasteiger partial charge in [0, 0.05) is 5.69 Å². The van der Waals surface area contributed by atoms with Gasteiger partial charge in [-0.3, -0.25) is 4.57 Å². The first-order valence-corrected chi connectivity index (χ1v) is 13.1. The summed E-state index contributed by atoms with van der Waals surface area (Å²) in [6, 6.07) is 19.1. The van der Waals surface area contributed by atoms with Crippen LogP contribution in [0.4, 0.5) is 13.2 Å². The Morgan fingerprint density at radius 3 is 1.97 bits per heavy atom. The van der Waals surface area contributed by atoms with Gasteiger partial charge in [0.05, 0.1) is 16.6 Å². The number of hydrogen-bond donors (Lipinski definition) is 0. The summed E-state index contributed by atoms with van der Waals surface area (Å²) in [5.41, 5.74) is -1.76. The Balaban J connectivity index is 2.12. The highest BCUT2D eigenvalue weighted by Gasteiger charge is 2.49. The van der Waals surface area contributed by atoms with Crippen molar-refractivity contribution in [3.05, 3.63) is 77.9 Å². The van der Waals surface area contributed by atoms with Crippen molar-refractivity contribution in [1.82, 2.24) is 9.55 Å². The molecule has 1 heterocycles. The van der Waals surface area contributed by atoms with Crippen LogP contribution >= 0.6 is 0 Å². The van der Waals surface area contributed by atoms with E-state index in [-0.39, 0.29) is 22.2 Å². The molecule has 0 amide bonds. The third kappa shape index (κ3) is 5.09. The maximum absolute atomic E-state index is 13.2. The zero-order valence-electron chi connectivity index (χ0n) is 21.5. The second-order valence-electron chi connectivity index (χ2n) is 11.0. The van der Waals surface area contributed by atoms with Gasteiger partial charge in [0.15, 0.2) is 5.75 Å². The minimum atomic E-state index is -5.88. The average Bonchev–Trinajstić information content (AvgIpc) is 3.16. The Hall–Kier alpha value is -3.33. The molecule has 0 fully saturated rings. The predicted octanol–water partition coefficient (Wildman–Crippen LogP) is 7.52. The summed E-state index contributed by atoms with van der Waals surface area (Å²) in [7, 11) is -5.88. The summed E-state index contributed by atoms with van der Waals surface area (Å²) < 4.78 is 69.8. The highest BCUT2D eigenvalue weighted by molar-refractivity contribution is 7.88. The van der Waals surface area contributed by atoms with Crippen molar-refractivity contribution in [3.8, 4) is 22.8 Å². The fourth-order valence-corrected chi connectivity index (χ4v) is 4.57. The van der Waals surface area contributed by atoms with Crippen LogP contribution in [0.15, 0.2) is 66.7 Å². The quantitative estimate of drug-likeness (QED) is 0.202. The minimum absolute atomic E-state index is 0.118. The van der Waals surface area contributed by atoms with Crippen LogP contribution in [-0.2, 0) is 20.9 Å². The van der Waals surface area contributed by atoms with E-state index in [1.807, 2.05) is 41.0 Å². The van der Waals surface area contributed by atoms with E-state index in [0.717, 1.165) is 22.3 Å². The maximum Gasteiger partial charge on any atom is 0.534 e. The van der Waals surface area contributed by atoms with E-state index in [1.54, 1.807) is 6.07 Å². The summed E-state index contributed by atoms with van der Waals surface area (Å²) in [4.78, 5) is 4.91. The number of imidazole rings is 1. The van der Waals surface area contributed by atoms with E-state index in [1.165, 1.54) is 18.2 Å². The van der Waals surface area contributed by atoms with Gasteiger partial charge >= 0.3 is 15.6 Å². The largest absolute Gasteiger partial charge is 0.534 e. The number of hydrogen-bond acceptors (Lipinski definition) is 4. The molecule has 0 spiro atoms. The number of para-hydroxylation sites is 2. The Bertz CT molecular complexity index is 1560. The molecule has 3 aromatic carbocycles. The fraction of sp³-hybridized carbons (Fsp3) is 0.321. The summed E-state index contributed by atoms with van der Waals surface area (Å²) in [6.07, 6.45) is 0. The number of rotatable bonds is 4. The van der Waals surface area contributed by atoms with Gasteiger partial charge in [-0.25, -0.2) is 4.98 Å². The van der Waals surface area contributed by atoms with E-state index in [0.29, 0.717) is 5.52 Å². The van der Waals surface area contributed by atoms with Crippen LogP contribution in [-0.4, -0.2) is 23.5 Å². The monoisotopic (exact) mass is 530 g/mol. The normalized spacial score (nSPS) is 13.2. The molecule has 0 bridgehead atoms. The molecule has 0 saturated carbocycles. The molecule has 0 aliphatic carbocycles. The van der Waals surface area contributed by atoms with Gasteiger partial charge in [-0.2, -0.15) is 21.6 Å². The van der Waals surface area contributed by atoms with Crippen LogP contribution < -0.4 is 4.18 Å². The molecule has 0 radical (unpaired) electrons. The lowest BCUT2D eigenvalue weighted by atomic mass is 9.80. The Labute approximate surface area is 215 Å². The van der Waals surface area contributed by atoms with E-state index < -0.39 is 21.4 Å². The lowest BCUT2D eigenvalue weighted by Crippen LogP contribution is -2.28. The third-order valence-electron chi connectivity index (χ3n) is 6.06. The molecule has 5 nitrogen and oxygen atoms in total. The van der Waals surface area contributed by atoms with Gasteiger partial charge in [0.2, 0.25) is 0 Å². The molecule has 0 aliphatic heterocycles. The molecule has 9 heteroatoms. The average molecular weight is 531 g/mol.